The molecular weight excluding hydrogens is 458 g/mol. The molecule has 34 heavy (non-hydrogen) atoms. The predicted octanol–water partition coefficient (Wildman–Crippen LogP) is 0.202. The van der Waals surface area contributed by atoms with Crippen molar-refractivity contribution >= 4 is 27.5 Å². The molecule has 11 heteroatoms. The molecule has 1 aromatic carbocycles. The van der Waals surface area contributed by atoms with Gasteiger partial charge in [-0.15, -0.1) is 0 Å². The Morgan fingerprint density at radius 1 is 0.941 bits per heavy atom. The van der Waals surface area contributed by atoms with Gasteiger partial charge in [-0.05, 0) is 31.0 Å². The van der Waals surface area contributed by atoms with Gasteiger partial charge in [-0.2, -0.15) is 4.31 Å². The van der Waals surface area contributed by atoms with Crippen molar-refractivity contribution in [1.29, 1.82) is 0 Å². The van der Waals surface area contributed by atoms with Crippen LogP contribution in [0.5, 0.6) is 0 Å². The van der Waals surface area contributed by atoms with Crippen LogP contribution in [0, 0.1) is 0 Å². The van der Waals surface area contributed by atoms with Gasteiger partial charge in [0.05, 0.1) is 30.2 Å². The number of benzene rings is 1. The number of likely N-dealkylation sites (N-methyl/N-ethyl adjacent to an activating group) is 1. The zero-order valence-electron chi connectivity index (χ0n) is 19.9. The highest BCUT2D eigenvalue weighted by Gasteiger charge is 2.31. The number of carbonyl (C=O) groups is 2. The van der Waals surface area contributed by atoms with Crippen LogP contribution in [0.3, 0.4) is 0 Å². The minimum Gasteiger partial charge on any atom is -0.378 e. The number of hydrogen-bond donors (Lipinski definition) is 1. The van der Waals surface area contributed by atoms with Gasteiger partial charge in [0.25, 0.3) is 5.91 Å². The lowest BCUT2D eigenvalue weighted by Crippen LogP contribution is -2.51. The van der Waals surface area contributed by atoms with Crippen molar-refractivity contribution in [3.05, 3.63) is 23.8 Å². The van der Waals surface area contributed by atoms with Gasteiger partial charge in [-0.3, -0.25) is 14.5 Å². The third kappa shape index (κ3) is 5.54. The summed E-state index contributed by atoms with van der Waals surface area (Å²) in [5, 5.41) is 2.63. The smallest absolute Gasteiger partial charge is 0.256 e. The van der Waals surface area contributed by atoms with E-state index in [9.17, 15) is 18.0 Å². The summed E-state index contributed by atoms with van der Waals surface area (Å²) in [6.07, 6.45) is 2.76. The zero-order chi connectivity index (χ0) is 24.1. The van der Waals surface area contributed by atoms with Crippen LogP contribution in [0.1, 0.15) is 29.6 Å². The van der Waals surface area contributed by atoms with Crippen molar-refractivity contribution in [2.45, 2.75) is 24.2 Å². The Bertz CT molecular complexity index is 981. The van der Waals surface area contributed by atoms with Gasteiger partial charge in [-0.25, -0.2) is 8.42 Å². The zero-order valence-corrected chi connectivity index (χ0v) is 20.7. The lowest BCUT2D eigenvalue weighted by Gasteiger charge is -2.36. The van der Waals surface area contributed by atoms with Crippen LogP contribution in [0.25, 0.3) is 0 Å². The molecular formula is C23H35N5O5S. The Labute approximate surface area is 201 Å². The van der Waals surface area contributed by atoms with E-state index in [1.54, 1.807) is 30.1 Å². The fourth-order valence-corrected chi connectivity index (χ4v) is 6.29. The highest BCUT2D eigenvalue weighted by atomic mass is 32.2. The summed E-state index contributed by atoms with van der Waals surface area (Å²) >= 11 is 0. The van der Waals surface area contributed by atoms with Gasteiger partial charge in [0.2, 0.25) is 15.9 Å². The van der Waals surface area contributed by atoms with E-state index in [1.807, 2.05) is 4.90 Å². The predicted molar refractivity (Wildman–Crippen MR) is 128 cm³/mol. The molecule has 0 unspecified atom stereocenters. The van der Waals surface area contributed by atoms with E-state index in [0.29, 0.717) is 77.7 Å². The highest BCUT2D eigenvalue weighted by molar-refractivity contribution is 7.89. The molecule has 0 bridgehead atoms. The molecule has 0 aliphatic carbocycles. The summed E-state index contributed by atoms with van der Waals surface area (Å²) in [4.78, 5) is 31.4. The van der Waals surface area contributed by atoms with E-state index in [2.05, 4.69) is 10.2 Å². The Morgan fingerprint density at radius 3 is 2.26 bits per heavy atom. The van der Waals surface area contributed by atoms with Crippen molar-refractivity contribution < 1.29 is 22.7 Å². The molecule has 0 aromatic heterocycles. The van der Waals surface area contributed by atoms with Crippen molar-refractivity contribution in [2.75, 3.05) is 84.1 Å². The number of anilines is 1. The molecule has 3 heterocycles. The number of hydrogen-bond acceptors (Lipinski definition) is 7. The molecule has 188 valence electrons. The van der Waals surface area contributed by atoms with E-state index in [0.717, 1.165) is 24.9 Å². The number of nitrogens with one attached hydrogen (secondary N) is 1. The molecule has 1 aromatic rings. The molecule has 0 radical (unpaired) electrons. The van der Waals surface area contributed by atoms with Crippen LogP contribution in [0.4, 0.5) is 5.69 Å². The number of amides is 2. The van der Waals surface area contributed by atoms with Crippen LogP contribution < -0.4 is 10.2 Å². The fraction of sp³-hybridized carbons (Fsp3) is 0.652. The van der Waals surface area contributed by atoms with Gasteiger partial charge >= 0.3 is 0 Å². The molecule has 4 rings (SSSR count). The third-order valence-corrected chi connectivity index (χ3v) is 8.70. The summed E-state index contributed by atoms with van der Waals surface area (Å²) in [6.45, 7) is 5.95. The minimum absolute atomic E-state index is 0.0509. The number of rotatable bonds is 6. The average molecular weight is 494 g/mol. The molecule has 1 N–H and O–H groups in total. The van der Waals surface area contributed by atoms with Crippen LogP contribution in [0.15, 0.2) is 23.1 Å². The Morgan fingerprint density at radius 2 is 1.62 bits per heavy atom. The molecule has 3 aliphatic rings. The average Bonchev–Trinajstić information content (AvgIpc) is 2.89. The normalized spacial score (nSPS) is 20.9. The van der Waals surface area contributed by atoms with Crippen LogP contribution in [0.2, 0.25) is 0 Å². The van der Waals surface area contributed by atoms with E-state index in [-0.39, 0.29) is 16.7 Å². The quantitative estimate of drug-likeness (QED) is 0.604. The van der Waals surface area contributed by atoms with E-state index in [4.69, 9.17) is 4.74 Å². The molecule has 10 nitrogen and oxygen atoms in total. The van der Waals surface area contributed by atoms with Crippen LogP contribution >= 0.6 is 0 Å². The molecule has 0 atom stereocenters. The number of ether oxygens (including phenoxy) is 1. The summed E-state index contributed by atoms with van der Waals surface area (Å²) < 4.78 is 33.6. The molecule has 3 fully saturated rings. The third-order valence-electron chi connectivity index (χ3n) is 6.81. The Balaban J connectivity index is 1.59. The van der Waals surface area contributed by atoms with Gasteiger partial charge in [0, 0.05) is 65.1 Å². The number of sulfonamides is 1. The molecule has 0 spiro atoms. The number of carbonyl (C=O) groups excluding carboxylic acids is 2. The summed E-state index contributed by atoms with van der Waals surface area (Å²) in [7, 11) is -2.04. The summed E-state index contributed by atoms with van der Waals surface area (Å²) in [6, 6.07) is 4.97. The van der Waals surface area contributed by atoms with Gasteiger partial charge in [0.1, 0.15) is 0 Å². The Kier molecular flexibility index (Phi) is 8.07. The first-order valence-corrected chi connectivity index (χ1v) is 13.5. The maximum Gasteiger partial charge on any atom is 0.256 e. The van der Waals surface area contributed by atoms with Gasteiger partial charge < -0.3 is 19.9 Å². The second-order valence-corrected chi connectivity index (χ2v) is 10.9. The molecule has 3 saturated heterocycles. The second kappa shape index (κ2) is 11.0. The molecule has 0 saturated carbocycles. The first kappa shape index (κ1) is 24.9. The molecule has 3 aliphatic heterocycles. The van der Waals surface area contributed by atoms with Gasteiger partial charge in [-0.1, -0.05) is 6.42 Å². The van der Waals surface area contributed by atoms with E-state index < -0.39 is 10.0 Å². The standard InChI is InChI=1S/C23H35N5O5S/c1-24-22(29)18-25-9-11-27(12-10-25)23(30)20-17-19(34(31,32)28-7-3-2-4-8-28)5-6-21(20)26-13-15-33-16-14-26/h5-6,17H,2-4,7-16,18H2,1H3,(H,24,29). The maximum atomic E-state index is 13.7. The highest BCUT2D eigenvalue weighted by Crippen LogP contribution is 2.29. The summed E-state index contributed by atoms with van der Waals surface area (Å²) in [5.41, 5.74) is 1.17. The number of morpholine rings is 1. The number of piperidine rings is 1. The SMILES string of the molecule is CNC(=O)CN1CCN(C(=O)c2cc(S(=O)(=O)N3CCCCC3)ccc2N2CCOCC2)CC1. The van der Waals surface area contributed by atoms with Crippen LogP contribution in [-0.2, 0) is 19.6 Å². The number of piperazine rings is 1. The fourth-order valence-electron chi connectivity index (χ4n) is 4.74. The van der Waals surface area contributed by atoms with Crippen molar-refractivity contribution in [2.24, 2.45) is 0 Å². The first-order valence-electron chi connectivity index (χ1n) is 12.1. The van der Waals surface area contributed by atoms with Crippen molar-refractivity contribution in [3.63, 3.8) is 0 Å². The summed E-state index contributed by atoms with van der Waals surface area (Å²) in [5.74, 6) is -0.221. The Hall–Kier alpha value is -2.21. The largest absolute Gasteiger partial charge is 0.378 e. The van der Waals surface area contributed by atoms with E-state index >= 15 is 0 Å². The topological polar surface area (TPSA) is 102 Å². The second-order valence-electron chi connectivity index (χ2n) is 8.98. The van der Waals surface area contributed by atoms with Crippen molar-refractivity contribution in [3.8, 4) is 0 Å². The maximum absolute atomic E-state index is 13.7. The minimum atomic E-state index is -3.65. The monoisotopic (exact) mass is 493 g/mol. The molecule has 2 amide bonds. The lowest BCUT2D eigenvalue weighted by atomic mass is 10.1. The number of nitrogens with zero attached hydrogens (tertiary/aromatic N) is 4. The van der Waals surface area contributed by atoms with E-state index in [1.165, 1.54) is 4.31 Å². The lowest BCUT2D eigenvalue weighted by molar-refractivity contribution is -0.122. The van der Waals surface area contributed by atoms with Gasteiger partial charge in [0.15, 0.2) is 0 Å². The van der Waals surface area contributed by atoms with Crippen molar-refractivity contribution in [1.82, 2.24) is 19.4 Å². The first-order chi connectivity index (χ1) is 16.4. The van der Waals surface area contributed by atoms with Crippen LogP contribution in [-0.4, -0.2) is 114 Å².